The zero-order chi connectivity index (χ0) is 17.1. The number of carbonyl (C=O) groups excluding carboxylic acids is 1. The first kappa shape index (κ1) is 16.2. The molecule has 0 fully saturated rings. The third-order valence-electron chi connectivity index (χ3n) is 3.59. The molecule has 2 aromatic carbocycles. The van der Waals surface area contributed by atoms with E-state index in [-0.39, 0.29) is 23.5 Å². The molecule has 1 amide bonds. The van der Waals surface area contributed by atoms with Gasteiger partial charge in [0.1, 0.15) is 5.82 Å². The molecule has 1 N–H and O–H groups in total. The van der Waals surface area contributed by atoms with Crippen LogP contribution in [0, 0.1) is 5.82 Å². The molecule has 0 bridgehead atoms. The van der Waals surface area contributed by atoms with Gasteiger partial charge in [-0.05, 0) is 48.9 Å². The summed E-state index contributed by atoms with van der Waals surface area (Å²) in [6.45, 7) is 1.86. The summed E-state index contributed by atoms with van der Waals surface area (Å²) in [6, 6.07) is 14.3. The lowest BCUT2D eigenvalue weighted by molar-refractivity contribution is 0.0931. The molecule has 0 saturated carbocycles. The maximum atomic E-state index is 12.9. The Morgan fingerprint density at radius 3 is 2.50 bits per heavy atom. The molecule has 1 heterocycles. The van der Waals surface area contributed by atoms with Gasteiger partial charge in [0.05, 0.1) is 6.04 Å². The summed E-state index contributed by atoms with van der Waals surface area (Å²) < 4.78 is 18.1. The number of rotatable bonds is 4. The van der Waals surface area contributed by atoms with E-state index in [1.165, 1.54) is 18.2 Å². The number of hydrogen-bond donors (Lipinski definition) is 1. The van der Waals surface area contributed by atoms with Crippen molar-refractivity contribution in [3.8, 4) is 11.3 Å². The molecule has 3 rings (SSSR count). The zero-order valence-electron chi connectivity index (χ0n) is 12.8. The van der Waals surface area contributed by atoms with Crippen LogP contribution in [0.3, 0.4) is 0 Å². The molecule has 3 aromatic rings. The van der Waals surface area contributed by atoms with Crippen molar-refractivity contribution in [1.29, 1.82) is 0 Å². The topological polar surface area (TPSA) is 55.1 Å². The predicted molar refractivity (Wildman–Crippen MR) is 89.2 cm³/mol. The highest BCUT2D eigenvalue weighted by atomic mass is 35.5. The van der Waals surface area contributed by atoms with E-state index >= 15 is 0 Å². The molecule has 122 valence electrons. The Balaban J connectivity index is 1.71. The van der Waals surface area contributed by atoms with Gasteiger partial charge in [-0.25, -0.2) is 4.39 Å². The lowest BCUT2D eigenvalue weighted by atomic mass is 10.1. The molecule has 0 aliphatic rings. The van der Waals surface area contributed by atoms with E-state index in [1.54, 1.807) is 24.3 Å². The van der Waals surface area contributed by atoms with Crippen molar-refractivity contribution in [1.82, 2.24) is 10.5 Å². The number of hydrogen-bond acceptors (Lipinski definition) is 3. The summed E-state index contributed by atoms with van der Waals surface area (Å²) in [4.78, 5) is 12.3. The van der Waals surface area contributed by atoms with E-state index in [4.69, 9.17) is 16.1 Å². The minimum absolute atomic E-state index is 0.162. The highest BCUT2D eigenvalue weighted by Crippen LogP contribution is 2.21. The van der Waals surface area contributed by atoms with Crippen molar-refractivity contribution in [2.75, 3.05) is 0 Å². The van der Waals surface area contributed by atoms with Crippen LogP contribution in [-0.2, 0) is 0 Å². The largest absolute Gasteiger partial charge is 0.355 e. The SMILES string of the molecule is CC(NC(=O)c1cc(-c2ccc(F)cc2)on1)c1ccc(Cl)cc1. The fraction of sp³-hybridized carbons (Fsp3) is 0.111. The minimum Gasteiger partial charge on any atom is -0.355 e. The normalized spacial score (nSPS) is 12.0. The fourth-order valence-corrected chi connectivity index (χ4v) is 2.36. The predicted octanol–water partition coefficient (Wildman–Crippen LogP) is 4.63. The Bertz CT molecular complexity index is 844. The van der Waals surface area contributed by atoms with Gasteiger partial charge in [0.2, 0.25) is 0 Å². The van der Waals surface area contributed by atoms with Gasteiger partial charge in [-0.3, -0.25) is 4.79 Å². The average molecular weight is 345 g/mol. The van der Waals surface area contributed by atoms with Crippen molar-refractivity contribution in [2.45, 2.75) is 13.0 Å². The van der Waals surface area contributed by atoms with Gasteiger partial charge in [-0.2, -0.15) is 0 Å². The molecular formula is C18H14ClFN2O2. The quantitative estimate of drug-likeness (QED) is 0.751. The number of aromatic nitrogens is 1. The summed E-state index contributed by atoms with van der Waals surface area (Å²) in [5, 5.41) is 7.25. The van der Waals surface area contributed by atoms with Crippen LogP contribution in [0.15, 0.2) is 59.1 Å². The van der Waals surface area contributed by atoms with Crippen LogP contribution < -0.4 is 5.32 Å². The van der Waals surface area contributed by atoms with Crippen LogP contribution in [0.5, 0.6) is 0 Å². The summed E-state index contributed by atoms with van der Waals surface area (Å²) in [6.07, 6.45) is 0. The number of benzene rings is 2. The van der Waals surface area contributed by atoms with Gasteiger partial charge < -0.3 is 9.84 Å². The summed E-state index contributed by atoms with van der Waals surface area (Å²) in [7, 11) is 0. The van der Waals surface area contributed by atoms with Crippen molar-refractivity contribution in [3.05, 3.63) is 76.7 Å². The third-order valence-corrected chi connectivity index (χ3v) is 3.84. The Labute approximate surface area is 143 Å². The lowest BCUT2D eigenvalue weighted by Crippen LogP contribution is -2.26. The van der Waals surface area contributed by atoms with Gasteiger partial charge in [0.25, 0.3) is 5.91 Å². The molecule has 0 spiro atoms. The smallest absolute Gasteiger partial charge is 0.273 e. The van der Waals surface area contributed by atoms with Crippen LogP contribution >= 0.6 is 11.6 Å². The molecule has 1 atom stereocenters. The van der Waals surface area contributed by atoms with E-state index in [2.05, 4.69) is 10.5 Å². The first-order valence-electron chi connectivity index (χ1n) is 7.32. The van der Waals surface area contributed by atoms with Crippen LogP contribution in [0.2, 0.25) is 5.02 Å². The molecule has 24 heavy (non-hydrogen) atoms. The maximum absolute atomic E-state index is 12.9. The first-order valence-corrected chi connectivity index (χ1v) is 7.70. The Morgan fingerprint density at radius 1 is 1.17 bits per heavy atom. The highest BCUT2D eigenvalue weighted by Gasteiger charge is 2.16. The third kappa shape index (κ3) is 3.63. The van der Waals surface area contributed by atoms with E-state index in [1.807, 2.05) is 19.1 Å². The maximum Gasteiger partial charge on any atom is 0.273 e. The molecule has 0 saturated heterocycles. The molecule has 4 nitrogen and oxygen atoms in total. The van der Waals surface area contributed by atoms with Crippen molar-refractivity contribution in [3.63, 3.8) is 0 Å². The van der Waals surface area contributed by atoms with Gasteiger partial charge in [0.15, 0.2) is 11.5 Å². The van der Waals surface area contributed by atoms with Crippen LogP contribution in [0.25, 0.3) is 11.3 Å². The molecule has 1 unspecified atom stereocenters. The lowest BCUT2D eigenvalue weighted by Gasteiger charge is -2.13. The second-order valence-electron chi connectivity index (χ2n) is 5.33. The monoisotopic (exact) mass is 344 g/mol. The number of carbonyl (C=O) groups is 1. The minimum atomic E-state index is -0.352. The summed E-state index contributed by atoms with van der Waals surface area (Å²) >= 11 is 5.86. The van der Waals surface area contributed by atoms with Gasteiger partial charge >= 0.3 is 0 Å². The average Bonchev–Trinajstić information content (AvgIpc) is 3.06. The zero-order valence-corrected chi connectivity index (χ0v) is 13.5. The van der Waals surface area contributed by atoms with Crippen LogP contribution in [0.4, 0.5) is 4.39 Å². The van der Waals surface area contributed by atoms with E-state index in [9.17, 15) is 9.18 Å². The number of amides is 1. The Morgan fingerprint density at radius 2 is 1.83 bits per heavy atom. The van der Waals surface area contributed by atoms with E-state index in [0.29, 0.717) is 16.3 Å². The van der Waals surface area contributed by atoms with Gasteiger partial charge in [-0.1, -0.05) is 28.9 Å². The first-order chi connectivity index (χ1) is 11.5. The van der Waals surface area contributed by atoms with E-state index in [0.717, 1.165) is 5.56 Å². The Kier molecular flexibility index (Phi) is 4.62. The number of halogens is 2. The fourth-order valence-electron chi connectivity index (χ4n) is 2.24. The molecule has 0 aliphatic carbocycles. The van der Waals surface area contributed by atoms with Gasteiger partial charge in [0, 0.05) is 16.7 Å². The summed E-state index contributed by atoms with van der Waals surface area (Å²) in [5.41, 5.74) is 1.74. The van der Waals surface area contributed by atoms with Gasteiger partial charge in [-0.15, -0.1) is 0 Å². The standard InChI is InChI=1S/C18H14ClFN2O2/c1-11(12-2-6-14(19)7-3-12)21-18(23)16-10-17(24-22-16)13-4-8-15(20)9-5-13/h2-11H,1H3,(H,21,23). The highest BCUT2D eigenvalue weighted by molar-refractivity contribution is 6.30. The summed E-state index contributed by atoms with van der Waals surface area (Å²) in [5.74, 6) is -0.290. The molecule has 0 radical (unpaired) electrons. The van der Waals surface area contributed by atoms with E-state index < -0.39 is 0 Å². The van der Waals surface area contributed by atoms with Crippen molar-refractivity contribution < 1.29 is 13.7 Å². The van der Waals surface area contributed by atoms with Crippen LogP contribution in [0.1, 0.15) is 29.0 Å². The molecule has 6 heteroatoms. The second kappa shape index (κ2) is 6.84. The molecular weight excluding hydrogens is 331 g/mol. The van der Waals surface area contributed by atoms with Crippen molar-refractivity contribution in [2.24, 2.45) is 0 Å². The molecule has 0 aliphatic heterocycles. The van der Waals surface area contributed by atoms with Crippen LogP contribution in [-0.4, -0.2) is 11.1 Å². The number of nitrogens with zero attached hydrogens (tertiary/aromatic N) is 1. The number of nitrogens with one attached hydrogen (secondary N) is 1. The van der Waals surface area contributed by atoms with Crippen molar-refractivity contribution >= 4 is 17.5 Å². The Hall–Kier alpha value is -2.66. The molecule has 1 aromatic heterocycles. The second-order valence-corrected chi connectivity index (χ2v) is 5.77.